The molecule has 1 aromatic carbocycles. The molecule has 0 spiro atoms. The highest BCUT2D eigenvalue weighted by atomic mass is 16.5. The molecule has 100 valence electrons. The summed E-state index contributed by atoms with van der Waals surface area (Å²) < 4.78 is 5.38. The van der Waals surface area contributed by atoms with Gasteiger partial charge in [-0.3, -0.25) is 4.79 Å². The molecule has 1 aromatic rings. The van der Waals surface area contributed by atoms with Gasteiger partial charge in [-0.15, -0.1) is 0 Å². The zero-order valence-corrected chi connectivity index (χ0v) is 10.3. The number of benzene rings is 1. The van der Waals surface area contributed by atoms with Crippen molar-refractivity contribution in [2.75, 3.05) is 18.6 Å². The van der Waals surface area contributed by atoms with Crippen LogP contribution < -0.4 is 26.8 Å². The van der Waals surface area contributed by atoms with Gasteiger partial charge in [0.15, 0.2) is 18.3 Å². The predicted octanol–water partition coefficient (Wildman–Crippen LogP) is -0.739. The van der Waals surface area contributed by atoms with Gasteiger partial charge in [-0.25, -0.2) is 4.99 Å². The second-order valence-electron chi connectivity index (χ2n) is 3.87. The summed E-state index contributed by atoms with van der Waals surface area (Å²) in [6.07, 6.45) is 0. The van der Waals surface area contributed by atoms with Crippen molar-refractivity contribution in [3.63, 3.8) is 0 Å². The molecule has 0 saturated carbocycles. The molecule has 1 aliphatic rings. The summed E-state index contributed by atoms with van der Waals surface area (Å²) in [5.74, 6) is 0.0694. The fourth-order valence-corrected chi connectivity index (χ4v) is 1.66. The van der Waals surface area contributed by atoms with E-state index < -0.39 is 0 Å². The highest BCUT2D eigenvalue weighted by Gasteiger charge is 2.24. The monoisotopic (exact) mass is 262 g/mol. The number of para-hydroxylation sites is 1. The molecule has 0 fully saturated rings. The number of rotatable bonds is 1. The highest BCUT2D eigenvalue weighted by Crippen LogP contribution is 2.39. The highest BCUT2D eigenvalue weighted by molar-refractivity contribution is 5.99. The average Bonchev–Trinajstić information content (AvgIpc) is 2.33. The third kappa shape index (κ3) is 2.57. The third-order valence-corrected chi connectivity index (χ3v) is 2.53. The van der Waals surface area contributed by atoms with Crippen LogP contribution in [0.4, 0.5) is 11.4 Å². The molecule has 1 heterocycles. The first kappa shape index (κ1) is 12.7. The first-order valence-electron chi connectivity index (χ1n) is 5.45. The molecule has 1 aliphatic heterocycles. The molecule has 0 unspecified atom stereocenters. The Morgan fingerprint density at radius 3 is 2.79 bits per heavy atom. The van der Waals surface area contributed by atoms with Crippen molar-refractivity contribution in [3.05, 3.63) is 18.2 Å². The van der Waals surface area contributed by atoms with Crippen molar-refractivity contribution in [2.24, 2.45) is 27.2 Å². The lowest BCUT2D eigenvalue weighted by Gasteiger charge is -2.26. The van der Waals surface area contributed by atoms with E-state index >= 15 is 0 Å². The molecule has 8 nitrogen and oxygen atoms in total. The minimum absolute atomic E-state index is 0.0434. The van der Waals surface area contributed by atoms with Crippen LogP contribution in [-0.4, -0.2) is 31.5 Å². The van der Waals surface area contributed by atoms with Crippen LogP contribution in [0.5, 0.6) is 5.75 Å². The van der Waals surface area contributed by atoms with E-state index in [9.17, 15) is 4.79 Å². The lowest BCUT2D eigenvalue weighted by Crippen LogP contribution is -2.35. The molecule has 1 amide bonds. The Balaban J connectivity index is 2.45. The fourth-order valence-electron chi connectivity index (χ4n) is 1.66. The summed E-state index contributed by atoms with van der Waals surface area (Å²) >= 11 is 0. The van der Waals surface area contributed by atoms with Gasteiger partial charge in [-0.05, 0) is 12.1 Å². The molecule has 2 rings (SSSR count). The number of aliphatic imine (C=N–C) groups is 2. The van der Waals surface area contributed by atoms with Crippen molar-refractivity contribution >= 4 is 29.2 Å². The standard InChI is InChI=1S/C11H14N6O2/c1-17-7-4-2-3-6(9(7)19-5-8(17)18)15-11(14)16-10(12)13/h2-4H,5H2,1H3,(H6,12,13,14,15,16). The number of amides is 1. The van der Waals surface area contributed by atoms with E-state index in [1.54, 1.807) is 25.2 Å². The topological polar surface area (TPSA) is 132 Å². The maximum absolute atomic E-state index is 11.5. The number of nitrogens with two attached hydrogens (primary N) is 3. The van der Waals surface area contributed by atoms with Crippen LogP contribution >= 0.6 is 0 Å². The number of carbonyl (C=O) groups excluding carboxylic acids is 1. The Bertz CT molecular complexity index is 577. The zero-order chi connectivity index (χ0) is 14.0. The Kier molecular flexibility index (Phi) is 3.23. The predicted molar refractivity (Wildman–Crippen MR) is 72.4 cm³/mol. The number of nitrogens with zero attached hydrogens (tertiary/aromatic N) is 3. The molecule has 0 saturated heterocycles. The van der Waals surface area contributed by atoms with Gasteiger partial charge >= 0.3 is 0 Å². The summed E-state index contributed by atoms with van der Waals surface area (Å²) in [5, 5.41) is 0. The summed E-state index contributed by atoms with van der Waals surface area (Å²) in [6.45, 7) is -0.0434. The molecule has 8 heteroatoms. The number of ether oxygens (including phenoxy) is 1. The van der Waals surface area contributed by atoms with Crippen LogP contribution in [0, 0.1) is 0 Å². The van der Waals surface area contributed by atoms with Crippen molar-refractivity contribution in [2.45, 2.75) is 0 Å². The van der Waals surface area contributed by atoms with Crippen molar-refractivity contribution in [1.82, 2.24) is 0 Å². The van der Waals surface area contributed by atoms with Gasteiger partial charge in [0.1, 0.15) is 5.69 Å². The second kappa shape index (κ2) is 4.84. The minimum Gasteiger partial charge on any atom is -0.479 e. The third-order valence-electron chi connectivity index (χ3n) is 2.53. The van der Waals surface area contributed by atoms with Gasteiger partial charge in [0.25, 0.3) is 5.91 Å². The number of fused-ring (bicyclic) bond motifs is 1. The second-order valence-corrected chi connectivity index (χ2v) is 3.87. The normalized spacial score (nSPS) is 14.7. The Hall–Kier alpha value is -2.77. The van der Waals surface area contributed by atoms with Crippen LogP contribution in [0.2, 0.25) is 0 Å². The first-order chi connectivity index (χ1) is 8.99. The van der Waals surface area contributed by atoms with Crippen molar-refractivity contribution in [3.8, 4) is 5.75 Å². The van der Waals surface area contributed by atoms with Crippen LogP contribution in [0.3, 0.4) is 0 Å². The number of hydrogen-bond donors (Lipinski definition) is 3. The minimum atomic E-state index is -0.181. The molecule has 0 aromatic heterocycles. The first-order valence-corrected chi connectivity index (χ1v) is 5.45. The quantitative estimate of drug-likeness (QED) is 0.453. The SMILES string of the molecule is CN1C(=O)COc2c(N=C(N)N=C(N)N)cccc21. The Morgan fingerprint density at radius 2 is 2.11 bits per heavy atom. The molecule has 0 aliphatic carbocycles. The maximum atomic E-state index is 11.5. The summed E-state index contributed by atoms with van der Waals surface area (Å²) in [5.41, 5.74) is 17.1. The van der Waals surface area contributed by atoms with E-state index in [4.69, 9.17) is 21.9 Å². The largest absolute Gasteiger partial charge is 0.479 e. The molecule has 0 bridgehead atoms. The van der Waals surface area contributed by atoms with Crippen LogP contribution in [0.25, 0.3) is 0 Å². The van der Waals surface area contributed by atoms with Gasteiger partial charge in [-0.1, -0.05) is 6.07 Å². The Morgan fingerprint density at radius 1 is 1.37 bits per heavy atom. The van der Waals surface area contributed by atoms with Gasteiger partial charge in [0.05, 0.1) is 5.69 Å². The van der Waals surface area contributed by atoms with E-state index in [1.165, 1.54) is 4.90 Å². The Labute approximate surface area is 109 Å². The number of guanidine groups is 2. The van der Waals surface area contributed by atoms with E-state index in [-0.39, 0.29) is 24.4 Å². The van der Waals surface area contributed by atoms with Gasteiger partial charge in [0, 0.05) is 7.05 Å². The molecule has 0 radical (unpaired) electrons. The van der Waals surface area contributed by atoms with E-state index in [1.807, 2.05) is 0 Å². The lowest BCUT2D eigenvalue weighted by molar-refractivity contribution is -0.120. The average molecular weight is 262 g/mol. The van der Waals surface area contributed by atoms with E-state index in [0.29, 0.717) is 17.1 Å². The lowest BCUT2D eigenvalue weighted by atomic mass is 10.2. The maximum Gasteiger partial charge on any atom is 0.264 e. The number of anilines is 1. The molecular formula is C11H14N6O2. The number of hydrogen-bond acceptors (Lipinski definition) is 3. The summed E-state index contributed by atoms with van der Waals surface area (Å²) in [6, 6.07) is 5.18. The van der Waals surface area contributed by atoms with Gasteiger partial charge in [-0.2, -0.15) is 4.99 Å². The number of likely N-dealkylation sites (N-methyl/N-ethyl adjacent to an activating group) is 1. The van der Waals surface area contributed by atoms with Crippen LogP contribution in [0.1, 0.15) is 0 Å². The van der Waals surface area contributed by atoms with E-state index in [0.717, 1.165) is 0 Å². The molecule has 0 atom stereocenters. The fraction of sp³-hybridized carbons (Fsp3) is 0.182. The number of carbonyl (C=O) groups is 1. The van der Waals surface area contributed by atoms with E-state index in [2.05, 4.69) is 9.98 Å². The molecule has 19 heavy (non-hydrogen) atoms. The van der Waals surface area contributed by atoms with Crippen molar-refractivity contribution in [1.29, 1.82) is 0 Å². The van der Waals surface area contributed by atoms with Gasteiger partial charge in [0.2, 0.25) is 5.96 Å². The van der Waals surface area contributed by atoms with Crippen LogP contribution in [0.15, 0.2) is 28.2 Å². The zero-order valence-electron chi connectivity index (χ0n) is 10.3. The van der Waals surface area contributed by atoms with Gasteiger partial charge < -0.3 is 26.8 Å². The molecular weight excluding hydrogens is 248 g/mol. The summed E-state index contributed by atoms with van der Waals surface area (Å²) in [4.78, 5) is 20.7. The molecule has 6 N–H and O–H groups in total. The van der Waals surface area contributed by atoms with Crippen LogP contribution in [-0.2, 0) is 4.79 Å². The summed E-state index contributed by atoms with van der Waals surface area (Å²) in [7, 11) is 1.66. The smallest absolute Gasteiger partial charge is 0.264 e. The van der Waals surface area contributed by atoms with Crippen molar-refractivity contribution < 1.29 is 9.53 Å².